The van der Waals surface area contributed by atoms with Crippen molar-refractivity contribution < 1.29 is 4.39 Å². The van der Waals surface area contributed by atoms with E-state index in [0.29, 0.717) is 5.41 Å². The third-order valence-corrected chi connectivity index (χ3v) is 5.63. The number of halogens is 1. The molecule has 2 fully saturated rings. The fourth-order valence-corrected chi connectivity index (χ4v) is 4.17. The smallest absolute Gasteiger partial charge is 0.126 e. The van der Waals surface area contributed by atoms with E-state index in [2.05, 4.69) is 4.90 Å². The lowest BCUT2D eigenvalue weighted by molar-refractivity contribution is 0.226. The quantitative estimate of drug-likeness (QED) is 0.879. The molecule has 1 unspecified atom stereocenters. The van der Waals surface area contributed by atoms with E-state index in [4.69, 9.17) is 5.73 Å². The van der Waals surface area contributed by atoms with Gasteiger partial charge in [-0.15, -0.1) is 0 Å². The highest BCUT2D eigenvalue weighted by molar-refractivity contribution is 5.57. The van der Waals surface area contributed by atoms with Crippen molar-refractivity contribution in [3.8, 4) is 0 Å². The maximum atomic E-state index is 13.9. The predicted molar refractivity (Wildman–Crippen MR) is 86.1 cm³/mol. The topological polar surface area (TPSA) is 29.3 Å². The highest BCUT2D eigenvalue weighted by Gasteiger charge is 2.37. The normalized spacial score (nSPS) is 22.8. The molecule has 1 aromatic carbocycles. The molecule has 1 saturated heterocycles. The highest BCUT2D eigenvalue weighted by atomic mass is 19.1. The van der Waals surface area contributed by atoms with Crippen LogP contribution in [-0.4, -0.2) is 13.1 Å². The van der Waals surface area contributed by atoms with Crippen LogP contribution in [0.25, 0.3) is 0 Å². The van der Waals surface area contributed by atoms with E-state index in [-0.39, 0.29) is 11.9 Å². The molecule has 1 saturated carbocycles. The number of hydrogen-bond acceptors (Lipinski definition) is 2. The van der Waals surface area contributed by atoms with Crippen molar-refractivity contribution in [2.75, 3.05) is 18.0 Å². The van der Waals surface area contributed by atoms with Crippen molar-refractivity contribution in [2.24, 2.45) is 11.1 Å². The maximum Gasteiger partial charge on any atom is 0.126 e. The second-order valence-electron chi connectivity index (χ2n) is 7.14. The van der Waals surface area contributed by atoms with Gasteiger partial charge >= 0.3 is 0 Å². The number of rotatable bonds is 2. The Bertz CT molecular complexity index is 508. The Hall–Kier alpha value is -1.09. The van der Waals surface area contributed by atoms with E-state index in [1.807, 2.05) is 19.9 Å². The number of nitrogens with zero attached hydrogens (tertiary/aromatic N) is 1. The van der Waals surface area contributed by atoms with E-state index in [1.54, 1.807) is 6.07 Å². The predicted octanol–water partition coefficient (Wildman–Crippen LogP) is 4.31. The Balaban J connectivity index is 1.83. The van der Waals surface area contributed by atoms with Crippen LogP contribution in [-0.2, 0) is 0 Å². The first kappa shape index (κ1) is 14.8. The van der Waals surface area contributed by atoms with Gasteiger partial charge in [0.1, 0.15) is 5.82 Å². The van der Waals surface area contributed by atoms with Crippen molar-refractivity contribution in [1.82, 2.24) is 0 Å². The second-order valence-corrected chi connectivity index (χ2v) is 7.14. The van der Waals surface area contributed by atoms with Crippen LogP contribution in [0.4, 0.5) is 10.1 Å². The van der Waals surface area contributed by atoms with Gasteiger partial charge in [0, 0.05) is 24.8 Å². The molecule has 3 rings (SSSR count). The molecule has 2 aliphatic rings. The second kappa shape index (κ2) is 5.60. The summed E-state index contributed by atoms with van der Waals surface area (Å²) in [6, 6.07) is 3.49. The molecule has 0 amide bonds. The van der Waals surface area contributed by atoms with Gasteiger partial charge < -0.3 is 10.6 Å². The van der Waals surface area contributed by atoms with Crippen molar-refractivity contribution in [1.29, 1.82) is 0 Å². The van der Waals surface area contributed by atoms with Gasteiger partial charge in [-0.25, -0.2) is 4.39 Å². The number of hydrogen-bond donors (Lipinski definition) is 1. The van der Waals surface area contributed by atoms with Crippen LogP contribution in [0.5, 0.6) is 0 Å². The first-order valence-electron chi connectivity index (χ1n) is 8.31. The lowest BCUT2D eigenvalue weighted by Crippen LogP contribution is -2.39. The molecule has 21 heavy (non-hydrogen) atoms. The molecule has 0 bridgehead atoms. The van der Waals surface area contributed by atoms with E-state index in [0.717, 1.165) is 29.9 Å². The van der Waals surface area contributed by atoms with Crippen LogP contribution in [0.2, 0.25) is 0 Å². The first-order chi connectivity index (χ1) is 10.0. The number of aryl methyl sites for hydroxylation is 1. The monoisotopic (exact) mass is 290 g/mol. The third kappa shape index (κ3) is 2.80. The van der Waals surface area contributed by atoms with Crippen LogP contribution >= 0.6 is 0 Å². The zero-order valence-corrected chi connectivity index (χ0v) is 13.3. The summed E-state index contributed by atoms with van der Waals surface area (Å²) in [6.45, 7) is 5.96. The number of anilines is 1. The average Bonchev–Trinajstić information content (AvgIpc) is 2.90. The molecular formula is C18H27FN2. The van der Waals surface area contributed by atoms with Gasteiger partial charge in [0.05, 0.1) is 0 Å². The molecule has 1 heterocycles. The van der Waals surface area contributed by atoms with E-state index >= 15 is 0 Å². The zero-order valence-electron chi connectivity index (χ0n) is 13.3. The molecule has 1 spiro atoms. The molecule has 2 nitrogen and oxygen atoms in total. The minimum absolute atomic E-state index is 0.127. The van der Waals surface area contributed by atoms with Gasteiger partial charge in [-0.3, -0.25) is 0 Å². The summed E-state index contributed by atoms with van der Waals surface area (Å²) in [5.74, 6) is -0.143. The standard InChI is InChI=1S/C18H27FN2/c1-13-11-17(15(14(2)20)12-16(13)19)21-9-7-18(8-10-21)5-3-4-6-18/h11-12,14H,3-10,20H2,1-2H3. The molecule has 1 aromatic rings. The van der Waals surface area contributed by atoms with Gasteiger partial charge in [0.15, 0.2) is 0 Å². The van der Waals surface area contributed by atoms with Gasteiger partial charge in [0.2, 0.25) is 0 Å². The Morgan fingerprint density at radius 2 is 1.76 bits per heavy atom. The minimum atomic E-state index is -0.143. The summed E-state index contributed by atoms with van der Waals surface area (Å²) in [6.07, 6.45) is 8.18. The highest BCUT2D eigenvalue weighted by Crippen LogP contribution is 2.47. The molecular weight excluding hydrogens is 263 g/mol. The van der Waals surface area contributed by atoms with Crippen molar-refractivity contribution in [3.63, 3.8) is 0 Å². The summed E-state index contributed by atoms with van der Waals surface area (Å²) in [7, 11) is 0. The number of benzene rings is 1. The fraction of sp³-hybridized carbons (Fsp3) is 0.667. The number of nitrogens with two attached hydrogens (primary N) is 1. The summed E-state index contributed by atoms with van der Waals surface area (Å²) < 4.78 is 13.9. The first-order valence-corrected chi connectivity index (χ1v) is 8.31. The van der Waals surface area contributed by atoms with Crippen LogP contribution in [0.3, 0.4) is 0 Å². The third-order valence-electron chi connectivity index (χ3n) is 5.63. The Kier molecular flexibility index (Phi) is 3.96. The average molecular weight is 290 g/mol. The molecule has 116 valence electrons. The minimum Gasteiger partial charge on any atom is -0.371 e. The Morgan fingerprint density at radius 3 is 2.33 bits per heavy atom. The van der Waals surface area contributed by atoms with E-state index in [1.165, 1.54) is 38.5 Å². The molecule has 3 heteroatoms. The van der Waals surface area contributed by atoms with Gasteiger partial charge in [-0.05, 0) is 68.2 Å². The summed E-state index contributed by atoms with van der Waals surface area (Å²) >= 11 is 0. The molecule has 1 atom stereocenters. The van der Waals surface area contributed by atoms with Gasteiger partial charge in [-0.1, -0.05) is 12.8 Å². The largest absolute Gasteiger partial charge is 0.371 e. The Labute approximate surface area is 127 Å². The summed E-state index contributed by atoms with van der Waals surface area (Å²) in [5, 5.41) is 0. The van der Waals surface area contributed by atoms with Crippen LogP contribution in [0.15, 0.2) is 12.1 Å². The zero-order chi connectivity index (χ0) is 15.0. The van der Waals surface area contributed by atoms with E-state index in [9.17, 15) is 4.39 Å². The van der Waals surface area contributed by atoms with Crippen molar-refractivity contribution >= 4 is 5.69 Å². The lowest BCUT2D eigenvalue weighted by Gasteiger charge is -2.41. The lowest BCUT2D eigenvalue weighted by atomic mass is 9.77. The summed E-state index contributed by atoms with van der Waals surface area (Å²) in [5.41, 5.74) is 9.49. The molecule has 1 aliphatic carbocycles. The van der Waals surface area contributed by atoms with Crippen molar-refractivity contribution in [3.05, 3.63) is 29.1 Å². The summed E-state index contributed by atoms with van der Waals surface area (Å²) in [4.78, 5) is 2.43. The Morgan fingerprint density at radius 1 is 1.14 bits per heavy atom. The van der Waals surface area contributed by atoms with Crippen LogP contribution in [0.1, 0.15) is 62.6 Å². The van der Waals surface area contributed by atoms with Crippen LogP contribution < -0.4 is 10.6 Å². The van der Waals surface area contributed by atoms with Crippen LogP contribution in [0, 0.1) is 18.2 Å². The maximum absolute atomic E-state index is 13.9. The van der Waals surface area contributed by atoms with E-state index < -0.39 is 0 Å². The van der Waals surface area contributed by atoms with Gasteiger partial charge in [-0.2, -0.15) is 0 Å². The molecule has 1 aliphatic heterocycles. The van der Waals surface area contributed by atoms with Gasteiger partial charge in [0.25, 0.3) is 0 Å². The molecule has 0 aromatic heterocycles. The number of piperidine rings is 1. The molecule has 2 N–H and O–H groups in total. The molecule has 0 radical (unpaired) electrons. The van der Waals surface area contributed by atoms with Crippen molar-refractivity contribution in [2.45, 2.75) is 58.4 Å². The SMILES string of the molecule is Cc1cc(N2CCC3(CCCC3)CC2)c(C(C)N)cc1F. The fourth-order valence-electron chi connectivity index (χ4n) is 4.17.